The molecule has 0 aliphatic carbocycles. The van der Waals surface area contributed by atoms with Crippen molar-refractivity contribution in [3.8, 4) is 11.3 Å². The Morgan fingerprint density at radius 1 is 1.14 bits per heavy atom. The van der Waals surface area contributed by atoms with E-state index in [-0.39, 0.29) is 35.1 Å². The van der Waals surface area contributed by atoms with Gasteiger partial charge in [0.25, 0.3) is 0 Å². The number of aryl methyl sites for hydroxylation is 1. The summed E-state index contributed by atoms with van der Waals surface area (Å²) in [5.74, 6) is -0.253. The summed E-state index contributed by atoms with van der Waals surface area (Å²) >= 11 is 0. The molecule has 1 N–H and O–H groups in total. The molecule has 2 aromatic carbocycles. The highest BCUT2D eigenvalue weighted by atomic mass is 32.2. The minimum absolute atomic E-state index is 0.0105. The number of carbonyl (C=O) groups is 1. The zero-order chi connectivity index (χ0) is 21.0. The van der Waals surface area contributed by atoms with Crippen molar-refractivity contribution in [2.24, 2.45) is 0 Å². The van der Waals surface area contributed by atoms with Crippen molar-refractivity contribution >= 4 is 21.6 Å². The first-order valence-electron chi connectivity index (χ1n) is 8.80. The molecule has 0 bridgehead atoms. The number of rotatable bonds is 7. The second-order valence-corrected chi connectivity index (χ2v) is 8.55. The molecule has 0 radical (unpaired) electrons. The molecular formula is C20H20FN3O4S. The number of hydrogen-bond acceptors (Lipinski definition) is 5. The maximum atomic E-state index is 13.8. The summed E-state index contributed by atoms with van der Waals surface area (Å²) in [5, 5.41) is 2.62. The topological polar surface area (TPSA) is 92.5 Å². The molecule has 3 aromatic rings. The number of nitrogens with zero attached hydrogens (tertiary/aromatic N) is 2. The maximum absolute atomic E-state index is 13.8. The highest BCUT2D eigenvalue weighted by Crippen LogP contribution is 2.25. The van der Waals surface area contributed by atoms with Crippen LogP contribution in [0.15, 0.2) is 64.0 Å². The van der Waals surface area contributed by atoms with Crippen molar-refractivity contribution in [1.29, 1.82) is 0 Å². The Balaban J connectivity index is 1.67. The Morgan fingerprint density at radius 3 is 2.55 bits per heavy atom. The lowest BCUT2D eigenvalue weighted by molar-refractivity contribution is -0.116. The standard InChI is InChI=1S/C20H20FN3O4S/c1-24(2)29(26,27)18-10-6-5-9-16(18)23-19(25)11-12-20-22-13-17(28-20)14-7-3-4-8-15(14)21/h3-10,13H,11-12H2,1-2H3,(H,23,25). The van der Waals surface area contributed by atoms with Crippen LogP contribution in [0.25, 0.3) is 11.3 Å². The molecule has 0 atom stereocenters. The van der Waals surface area contributed by atoms with Gasteiger partial charge in [0.1, 0.15) is 10.7 Å². The van der Waals surface area contributed by atoms with Crippen molar-refractivity contribution in [2.45, 2.75) is 17.7 Å². The predicted molar refractivity (Wildman–Crippen MR) is 106 cm³/mol. The number of anilines is 1. The molecular weight excluding hydrogens is 397 g/mol. The van der Waals surface area contributed by atoms with Gasteiger partial charge in [0.15, 0.2) is 11.7 Å². The Kier molecular flexibility index (Phi) is 6.09. The summed E-state index contributed by atoms with van der Waals surface area (Å²) < 4.78 is 45.2. The quantitative estimate of drug-likeness (QED) is 0.637. The van der Waals surface area contributed by atoms with E-state index in [1.54, 1.807) is 30.3 Å². The lowest BCUT2D eigenvalue weighted by Gasteiger charge is -2.15. The van der Waals surface area contributed by atoms with Gasteiger partial charge in [-0.3, -0.25) is 4.79 Å². The molecule has 29 heavy (non-hydrogen) atoms. The number of hydrogen-bond donors (Lipinski definition) is 1. The third-order valence-corrected chi connectivity index (χ3v) is 6.05. The fourth-order valence-corrected chi connectivity index (χ4v) is 3.68. The maximum Gasteiger partial charge on any atom is 0.244 e. The van der Waals surface area contributed by atoms with E-state index >= 15 is 0 Å². The van der Waals surface area contributed by atoms with Crippen LogP contribution in [0.1, 0.15) is 12.3 Å². The molecule has 7 nitrogen and oxygen atoms in total. The minimum atomic E-state index is -3.70. The van der Waals surface area contributed by atoms with Crippen LogP contribution in [-0.2, 0) is 21.2 Å². The number of oxazole rings is 1. The summed E-state index contributed by atoms with van der Waals surface area (Å²) in [7, 11) is -0.859. The molecule has 0 saturated heterocycles. The summed E-state index contributed by atoms with van der Waals surface area (Å²) in [6.45, 7) is 0. The number of nitrogens with one attached hydrogen (secondary N) is 1. The molecule has 0 unspecified atom stereocenters. The van der Waals surface area contributed by atoms with E-state index in [1.165, 1.54) is 38.5 Å². The zero-order valence-corrected chi connectivity index (χ0v) is 16.7. The highest BCUT2D eigenvalue weighted by Gasteiger charge is 2.22. The van der Waals surface area contributed by atoms with Crippen molar-refractivity contribution in [3.05, 3.63) is 66.4 Å². The summed E-state index contributed by atoms with van der Waals surface area (Å²) in [6, 6.07) is 12.3. The number of benzene rings is 2. The van der Waals surface area contributed by atoms with E-state index in [0.717, 1.165) is 4.31 Å². The SMILES string of the molecule is CN(C)S(=O)(=O)c1ccccc1NC(=O)CCc1ncc(-c2ccccc2F)o1. The monoisotopic (exact) mass is 417 g/mol. The molecule has 1 amide bonds. The van der Waals surface area contributed by atoms with Crippen LogP contribution in [0.3, 0.4) is 0 Å². The van der Waals surface area contributed by atoms with Gasteiger partial charge in [0, 0.05) is 26.9 Å². The molecule has 0 aliphatic heterocycles. The first kappa shape index (κ1) is 20.7. The Morgan fingerprint density at radius 2 is 1.83 bits per heavy atom. The van der Waals surface area contributed by atoms with Gasteiger partial charge in [-0.15, -0.1) is 0 Å². The van der Waals surface area contributed by atoms with Crippen molar-refractivity contribution in [2.75, 3.05) is 19.4 Å². The van der Waals surface area contributed by atoms with Crippen molar-refractivity contribution in [3.63, 3.8) is 0 Å². The normalized spacial score (nSPS) is 11.6. The molecule has 9 heteroatoms. The van der Waals surface area contributed by atoms with Gasteiger partial charge in [-0.25, -0.2) is 22.1 Å². The third kappa shape index (κ3) is 4.69. The lowest BCUT2D eigenvalue weighted by Crippen LogP contribution is -2.24. The van der Waals surface area contributed by atoms with Gasteiger partial charge in [-0.2, -0.15) is 0 Å². The number of carbonyl (C=O) groups excluding carboxylic acids is 1. The predicted octanol–water partition coefficient (Wildman–Crippen LogP) is 3.30. The van der Waals surface area contributed by atoms with E-state index in [1.807, 2.05) is 0 Å². The molecule has 1 heterocycles. The van der Waals surface area contributed by atoms with Crippen LogP contribution in [0, 0.1) is 5.82 Å². The molecule has 0 fully saturated rings. The fourth-order valence-electron chi connectivity index (χ4n) is 2.64. The van der Waals surface area contributed by atoms with Gasteiger partial charge < -0.3 is 9.73 Å². The number of aromatic nitrogens is 1. The second kappa shape index (κ2) is 8.54. The largest absolute Gasteiger partial charge is 0.441 e. The van der Waals surface area contributed by atoms with Gasteiger partial charge in [0.2, 0.25) is 15.9 Å². The van der Waals surface area contributed by atoms with E-state index in [9.17, 15) is 17.6 Å². The number of sulfonamides is 1. The summed E-state index contributed by atoms with van der Waals surface area (Å²) in [5.41, 5.74) is 0.490. The van der Waals surface area contributed by atoms with Crippen LogP contribution in [0.2, 0.25) is 0 Å². The average Bonchev–Trinajstić information content (AvgIpc) is 3.16. The fraction of sp³-hybridized carbons (Fsp3) is 0.200. The van der Waals surface area contributed by atoms with Crippen molar-refractivity contribution < 1.29 is 22.0 Å². The molecule has 0 aliphatic rings. The zero-order valence-electron chi connectivity index (χ0n) is 15.9. The Bertz CT molecular complexity index is 1130. The van der Waals surface area contributed by atoms with Crippen LogP contribution in [0.5, 0.6) is 0 Å². The highest BCUT2D eigenvalue weighted by molar-refractivity contribution is 7.89. The second-order valence-electron chi connectivity index (χ2n) is 6.43. The Labute approximate surface area is 168 Å². The number of para-hydroxylation sites is 1. The number of amides is 1. The third-order valence-electron chi connectivity index (χ3n) is 4.18. The summed E-state index contributed by atoms with van der Waals surface area (Å²) in [4.78, 5) is 16.4. The van der Waals surface area contributed by atoms with Gasteiger partial charge in [0.05, 0.1) is 17.4 Å². The van der Waals surface area contributed by atoms with Crippen LogP contribution in [-0.4, -0.2) is 37.7 Å². The first-order valence-corrected chi connectivity index (χ1v) is 10.2. The van der Waals surface area contributed by atoms with Gasteiger partial charge in [-0.1, -0.05) is 24.3 Å². The molecule has 0 saturated carbocycles. The smallest absolute Gasteiger partial charge is 0.244 e. The lowest BCUT2D eigenvalue weighted by atomic mass is 10.2. The summed E-state index contributed by atoms with van der Waals surface area (Å²) in [6.07, 6.45) is 1.61. The van der Waals surface area contributed by atoms with Gasteiger partial charge >= 0.3 is 0 Å². The molecule has 3 rings (SSSR count). The van der Waals surface area contributed by atoms with E-state index in [4.69, 9.17) is 4.42 Å². The molecule has 1 aromatic heterocycles. The molecule has 152 valence electrons. The van der Waals surface area contributed by atoms with Crippen LogP contribution >= 0.6 is 0 Å². The van der Waals surface area contributed by atoms with Crippen LogP contribution in [0.4, 0.5) is 10.1 Å². The minimum Gasteiger partial charge on any atom is -0.441 e. The average molecular weight is 417 g/mol. The Hall–Kier alpha value is -3.04. The van der Waals surface area contributed by atoms with Crippen molar-refractivity contribution in [1.82, 2.24) is 9.29 Å². The van der Waals surface area contributed by atoms with E-state index in [0.29, 0.717) is 5.56 Å². The van der Waals surface area contributed by atoms with E-state index < -0.39 is 21.7 Å². The van der Waals surface area contributed by atoms with Gasteiger partial charge in [-0.05, 0) is 24.3 Å². The van der Waals surface area contributed by atoms with E-state index in [2.05, 4.69) is 10.3 Å². The first-order chi connectivity index (χ1) is 13.8. The number of halogens is 1. The van der Waals surface area contributed by atoms with Crippen LogP contribution < -0.4 is 5.32 Å². The molecule has 0 spiro atoms.